The molecule has 5 aromatic rings. The van der Waals surface area contributed by atoms with Crippen LogP contribution in [0.3, 0.4) is 0 Å². The second-order valence-electron chi connectivity index (χ2n) is 10.7. The highest BCUT2D eigenvalue weighted by Gasteiger charge is 2.27. The Morgan fingerprint density at radius 2 is 1.75 bits per heavy atom. The van der Waals surface area contributed by atoms with Crippen molar-refractivity contribution in [2.75, 3.05) is 43.4 Å². The molecule has 1 fully saturated rings. The summed E-state index contributed by atoms with van der Waals surface area (Å²) in [5, 5.41) is 2.64. The molecule has 0 bridgehead atoms. The summed E-state index contributed by atoms with van der Waals surface area (Å²) in [5.74, 6) is -2.96. The molecule has 226 valence electrons. The average Bonchev–Trinajstić information content (AvgIpc) is 3.40. The van der Waals surface area contributed by atoms with Gasteiger partial charge in [-0.05, 0) is 49.0 Å². The van der Waals surface area contributed by atoms with Crippen molar-refractivity contribution < 1.29 is 22.4 Å². The highest BCUT2D eigenvalue weighted by atomic mass is 19.3. The Balaban J connectivity index is 1.41. The van der Waals surface area contributed by atoms with Crippen LogP contribution in [0, 0.1) is 11.8 Å². The maximum absolute atomic E-state index is 15.1. The van der Waals surface area contributed by atoms with E-state index in [1.807, 2.05) is 13.1 Å². The van der Waals surface area contributed by atoms with Crippen molar-refractivity contribution in [1.82, 2.24) is 24.8 Å². The number of pyridine rings is 3. The first-order valence-electron chi connectivity index (χ1n) is 14.1. The molecule has 44 heavy (non-hydrogen) atoms. The highest BCUT2D eigenvalue weighted by molar-refractivity contribution is 6.05. The first-order valence-corrected chi connectivity index (χ1v) is 14.1. The lowest BCUT2D eigenvalue weighted by atomic mass is 9.95. The Bertz CT molecular complexity index is 1770. The lowest BCUT2D eigenvalue weighted by Gasteiger charge is -2.34. The average molecular weight is 604 g/mol. The number of benzene rings is 1. The van der Waals surface area contributed by atoms with Crippen molar-refractivity contribution in [2.45, 2.75) is 18.8 Å². The number of aromatic amines is 1. The molecule has 1 saturated heterocycles. The van der Waals surface area contributed by atoms with Gasteiger partial charge in [-0.25, -0.2) is 23.1 Å². The number of amides is 1. The fourth-order valence-electron chi connectivity index (χ4n) is 5.52. The molecule has 0 saturated carbocycles. The van der Waals surface area contributed by atoms with Crippen molar-refractivity contribution in [1.29, 1.82) is 0 Å². The van der Waals surface area contributed by atoms with Gasteiger partial charge in [0.25, 0.3) is 0 Å². The van der Waals surface area contributed by atoms with Crippen molar-refractivity contribution in [3.05, 3.63) is 90.4 Å². The third-order valence-electron chi connectivity index (χ3n) is 7.77. The number of alkyl halides is 2. The molecule has 2 N–H and O–H groups in total. The summed E-state index contributed by atoms with van der Waals surface area (Å²) in [7, 11) is 2.04. The normalized spacial score (nSPS) is 14.7. The summed E-state index contributed by atoms with van der Waals surface area (Å²) in [6.07, 6.45) is -0.386. The van der Waals surface area contributed by atoms with E-state index in [0.717, 1.165) is 25.2 Å². The molecular formula is C32H29F4N7O. The summed E-state index contributed by atoms with van der Waals surface area (Å²) in [6.45, 7) is 3.07. The minimum absolute atomic E-state index is 0.123. The quantitative estimate of drug-likeness (QED) is 0.165. The van der Waals surface area contributed by atoms with E-state index in [4.69, 9.17) is 0 Å². The first kappa shape index (κ1) is 29.2. The smallest absolute Gasteiger partial charge is 0.239 e. The van der Waals surface area contributed by atoms with E-state index in [1.54, 1.807) is 30.5 Å². The number of carbonyl (C=O) groups is 1. The Hall–Kier alpha value is -4.84. The van der Waals surface area contributed by atoms with Gasteiger partial charge in [-0.15, -0.1) is 0 Å². The minimum Gasteiger partial charge on any atom is -0.367 e. The lowest BCUT2D eigenvalue weighted by molar-refractivity contribution is -0.118. The molecule has 1 unspecified atom stereocenters. The zero-order valence-corrected chi connectivity index (χ0v) is 23.8. The Labute approximate surface area is 250 Å². The number of nitrogens with zero attached hydrogens (tertiary/aromatic N) is 5. The van der Waals surface area contributed by atoms with E-state index < -0.39 is 36.4 Å². The van der Waals surface area contributed by atoms with Gasteiger partial charge in [-0.2, -0.15) is 4.39 Å². The molecule has 6 rings (SSSR count). The van der Waals surface area contributed by atoms with Crippen molar-refractivity contribution >= 4 is 28.4 Å². The number of fused-ring (bicyclic) bond motifs is 1. The Morgan fingerprint density at radius 1 is 0.977 bits per heavy atom. The third kappa shape index (κ3) is 6.11. The number of halogens is 4. The van der Waals surface area contributed by atoms with Gasteiger partial charge in [0, 0.05) is 56.6 Å². The van der Waals surface area contributed by atoms with Crippen LogP contribution in [-0.4, -0.2) is 70.4 Å². The van der Waals surface area contributed by atoms with Gasteiger partial charge in [-0.3, -0.25) is 9.78 Å². The standard InChI is InChI=1S/C32H29F4N7O/c1-42-12-14-43(15-13-42)24-18-26(36)39-31-28(23-4-2-3-10-37-23)29(41-30(24)31)20-9-11-38-27(16-20)40-32(44)22(17-25(34)35)19-5-7-21(33)8-6-19/h2-11,16,18,22,25,41H,12-15,17H2,1H3,(H,38,40,44). The number of likely N-dealkylation sites (N-methyl/N-ethyl adjacent to an activating group) is 1. The van der Waals surface area contributed by atoms with Crippen LogP contribution in [0.25, 0.3) is 33.5 Å². The lowest BCUT2D eigenvalue weighted by Crippen LogP contribution is -2.44. The number of hydrogen-bond donors (Lipinski definition) is 2. The van der Waals surface area contributed by atoms with Gasteiger partial charge in [0.1, 0.15) is 17.2 Å². The van der Waals surface area contributed by atoms with Crippen molar-refractivity contribution in [2.24, 2.45) is 0 Å². The number of aromatic nitrogens is 4. The number of H-pyrrole nitrogens is 1. The predicted molar refractivity (Wildman–Crippen MR) is 161 cm³/mol. The first-order chi connectivity index (χ1) is 21.3. The summed E-state index contributed by atoms with van der Waals surface area (Å²) < 4.78 is 55.4. The molecule has 0 aliphatic carbocycles. The van der Waals surface area contributed by atoms with Gasteiger partial charge < -0.3 is 20.1 Å². The van der Waals surface area contributed by atoms with Gasteiger partial charge in [-0.1, -0.05) is 18.2 Å². The summed E-state index contributed by atoms with van der Waals surface area (Å²) in [6, 6.07) is 15.0. The predicted octanol–water partition coefficient (Wildman–Crippen LogP) is 6.09. The van der Waals surface area contributed by atoms with Crippen LogP contribution in [0.5, 0.6) is 0 Å². The summed E-state index contributed by atoms with van der Waals surface area (Å²) >= 11 is 0. The van der Waals surface area contributed by atoms with Gasteiger partial charge in [0.15, 0.2) is 0 Å². The Morgan fingerprint density at radius 3 is 2.45 bits per heavy atom. The maximum Gasteiger partial charge on any atom is 0.239 e. The number of piperazine rings is 1. The monoisotopic (exact) mass is 603 g/mol. The highest BCUT2D eigenvalue weighted by Crippen LogP contribution is 2.40. The molecule has 12 heteroatoms. The molecule has 1 aromatic carbocycles. The van der Waals surface area contributed by atoms with Gasteiger partial charge in [0.05, 0.1) is 34.1 Å². The number of carbonyl (C=O) groups excluding carboxylic acids is 1. The van der Waals surface area contributed by atoms with Crippen LogP contribution in [0.2, 0.25) is 0 Å². The van der Waals surface area contributed by atoms with E-state index in [9.17, 15) is 18.0 Å². The Kier molecular flexibility index (Phi) is 8.25. The molecule has 1 amide bonds. The van der Waals surface area contributed by atoms with Crippen LogP contribution >= 0.6 is 0 Å². The number of nitrogens with one attached hydrogen (secondary N) is 2. The topological polar surface area (TPSA) is 90.0 Å². The van der Waals surface area contributed by atoms with E-state index in [1.165, 1.54) is 24.4 Å². The summed E-state index contributed by atoms with van der Waals surface area (Å²) in [4.78, 5) is 34.0. The maximum atomic E-state index is 15.1. The molecular weight excluding hydrogens is 574 g/mol. The molecule has 0 spiro atoms. The van der Waals surface area contributed by atoms with Crippen LogP contribution in [0.15, 0.2) is 73.1 Å². The molecule has 1 atom stereocenters. The van der Waals surface area contributed by atoms with Crippen molar-refractivity contribution in [3.8, 4) is 22.5 Å². The minimum atomic E-state index is -2.76. The second kappa shape index (κ2) is 12.4. The number of anilines is 2. The van der Waals surface area contributed by atoms with Crippen molar-refractivity contribution in [3.63, 3.8) is 0 Å². The van der Waals surface area contributed by atoms with Crippen LogP contribution in [-0.2, 0) is 4.79 Å². The van der Waals surface area contributed by atoms with E-state index in [0.29, 0.717) is 52.3 Å². The van der Waals surface area contributed by atoms with E-state index in [-0.39, 0.29) is 11.4 Å². The van der Waals surface area contributed by atoms with Crippen LogP contribution < -0.4 is 10.2 Å². The fourth-order valence-corrected chi connectivity index (χ4v) is 5.52. The molecule has 0 radical (unpaired) electrons. The molecule has 1 aliphatic rings. The summed E-state index contributed by atoms with van der Waals surface area (Å²) in [5.41, 5.74) is 4.29. The van der Waals surface area contributed by atoms with Gasteiger partial charge in [0.2, 0.25) is 18.3 Å². The fraction of sp³-hybridized carbons (Fsp3) is 0.250. The molecule has 1 aliphatic heterocycles. The van der Waals surface area contributed by atoms with Gasteiger partial charge >= 0.3 is 0 Å². The van der Waals surface area contributed by atoms with Crippen LogP contribution in [0.1, 0.15) is 17.9 Å². The van der Waals surface area contributed by atoms with E-state index in [2.05, 4.69) is 35.1 Å². The zero-order valence-electron chi connectivity index (χ0n) is 23.8. The van der Waals surface area contributed by atoms with Crippen LogP contribution in [0.4, 0.5) is 29.1 Å². The molecule has 4 aromatic heterocycles. The third-order valence-corrected chi connectivity index (χ3v) is 7.77. The largest absolute Gasteiger partial charge is 0.367 e. The molecule has 5 heterocycles. The number of hydrogen-bond acceptors (Lipinski definition) is 6. The molecule has 8 nitrogen and oxygen atoms in total. The SMILES string of the molecule is CN1CCN(c2cc(F)nc3c(-c4ccccn4)c(-c4ccnc(NC(=O)C(CC(F)F)c5ccc(F)cc5)c4)[nH]c23)CC1. The van der Waals surface area contributed by atoms with E-state index >= 15 is 4.39 Å². The number of rotatable bonds is 8. The second-order valence-corrected chi connectivity index (χ2v) is 10.7. The zero-order chi connectivity index (χ0) is 30.8.